The molecule has 0 bridgehead atoms. The van der Waals surface area contributed by atoms with Crippen LogP contribution in [-0.4, -0.2) is 82.6 Å². The lowest BCUT2D eigenvalue weighted by molar-refractivity contribution is -0.157. The Labute approximate surface area is 297 Å². The minimum atomic E-state index is -1.63. The van der Waals surface area contributed by atoms with E-state index >= 15 is 0 Å². The Morgan fingerprint density at radius 2 is 1.58 bits per heavy atom. The van der Waals surface area contributed by atoms with Crippen LogP contribution in [-0.2, 0) is 29.5 Å². The van der Waals surface area contributed by atoms with Crippen LogP contribution in [0.1, 0.15) is 100 Å². The number of benzene rings is 1. The number of urea groups is 1. The topological polar surface area (TPSA) is 166 Å². The molecule has 2 unspecified atom stereocenters. The van der Waals surface area contributed by atoms with Crippen molar-refractivity contribution < 1.29 is 33.8 Å². The number of carbonyl (C=O) groups excluding carboxylic acids is 5. The van der Waals surface area contributed by atoms with Gasteiger partial charge in [-0.2, -0.15) is 0 Å². The molecule has 278 valence electrons. The van der Waals surface area contributed by atoms with Crippen LogP contribution in [0.15, 0.2) is 30.3 Å². The number of amides is 5. The van der Waals surface area contributed by atoms with Crippen LogP contribution in [0.4, 0.5) is 4.79 Å². The van der Waals surface area contributed by atoms with E-state index in [1.807, 2.05) is 71.9 Å². The molecular formula is C38H59N5O7. The Balaban J connectivity index is 1.47. The smallest absolute Gasteiger partial charge is 0.326 e. The number of rotatable bonds is 12. The van der Waals surface area contributed by atoms with Crippen LogP contribution in [0.25, 0.3) is 0 Å². The van der Waals surface area contributed by atoms with Gasteiger partial charge < -0.3 is 36.0 Å². The van der Waals surface area contributed by atoms with Crippen LogP contribution >= 0.6 is 0 Å². The van der Waals surface area contributed by atoms with Gasteiger partial charge in [-0.05, 0) is 75.2 Å². The van der Waals surface area contributed by atoms with Crippen LogP contribution in [0.5, 0.6) is 0 Å². The zero-order valence-electron chi connectivity index (χ0n) is 31.5. The van der Waals surface area contributed by atoms with Crippen LogP contribution < -0.4 is 21.3 Å². The molecule has 12 nitrogen and oxygen atoms in total. The van der Waals surface area contributed by atoms with Gasteiger partial charge in [0, 0.05) is 12.1 Å². The number of nitrogens with zero attached hydrogens (tertiary/aromatic N) is 1. The first-order valence-electron chi connectivity index (χ1n) is 18.0. The standard InChI is InChI=1S/C38H59N5O7/c1-35(2,3)30(41-34(49)42-36(4,5)6)33(48)43-21-24-27(37(24,7)8)28(43)31(46)40-25(19-22-15-14-16-22)29(45)32(47)39-20-26(44)50-38(9,10)23-17-12-11-13-18-23/h11-13,17-18,22,24-25,27-30,45H,14-16,19-21H2,1-10H3,(H,39,47)(H,40,46)(H2,41,42,49)/t24-,25?,27-,28-,29?,30+/m0/s1. The van der Waals surface area contributed by atoms with Crippen molar-refractivity contribution in [1.29, 1.82) is 0 Å². The molecule has 3 fully saturated rings. The Morgan fingerprint density at radius 3 is 2.12 bits per heavy atom. The van der Waals surface area contributed by atoms with Crippen molar-refractivity contribution in [3.05, 3.63) is 35.9 Å². The fourth-order valence-corrected chi connectivity index (χ4v) is 7.42. The van der Waals surface area contributed by atoms with E-state index in [1.54, 1.807) is 18.7 Å². The lowest BCUT2D eigenvalue weighted by Gasteiger charge is -2.39. The molecule has 5 N–H and O–H groups in total. The zero-order chi connectivity index (χ0) is 37.4. The highest BCUT2D eigenvalue weighted by atomic mass is 16.6. The molecule has 0 spiro atoms. The Morgan fingerprint density at radius 1 is 0.960 bits per heavy atom. The maximum absolute atomic E-state index is 14.2. The van der Waals surface area contributed by atoms with E-state index < -0.39 is 71.1 Å². The summed E-state index contributed by atoms with van der Waals surface area (Å²) in [6, 6.07) is 6.09. The molecule has 2 saturated carbocycles. The SMILES string of the molecule is CC(C)(C)NC(=O)N[C@H](C(=O)N1C[C@H]2[C@@H]([C@H]1C(=O)NC(CC1CCC1)C(O)C(=O)NCC(=O)OC(C)(C)c1ccccc1)C2(C)C)C(C)(C)C. The van der Waals surface area contributed by atoms with Crippen molar-refractivity contribution in [2.45, 2.75) is 130 Å². The maximum Gasteiger partial charge on any atom is 0.326 e. The molecule has 3 aliphatic rings. The lowest BCUT2D eigenvalue weighted by Crippen LogP contribution is -2.62. The fraction of sp³-hybridized carbons (Fsp3) is 0.711. The summed E-state index contributed by atoms with van der Waals surface area (Å²) < 4.78 is 5.63. The largest absolute Gasteiger partial charge is 0.453 e. The Kier molecular flexibility index (Phi) is 11.4. The van der Waals surface area contributed by atoms with Gasteiger partial charge in [0.1, 0.15) is 24.2 Å². The van der Waals surface area contributed by atoms with Gasteiger partial charge in [0.05, 0.1) is 6.04 Å². The molecule has 12 heteroatoms. The second-order valence-electron chi connectivity index (χ2n) is 17.7. The van der Waals surface area contributed by atoms with Gasteiger partial charge in [0.15, 0.2) is 6.10 Å². The van der Waals surface area contributed by atoms with E-state index in [4.69, 9.17) is 4.74 Å². The second-order valence-corrected chi connectivity index (χ2v) is 17.7. The summed E-state index contributed by atoms with van der Waals surface area (Å²) in [4.78, 5) is 68.9. The highest BCUT2D eigenvalue weighted by Gasteiger charge is 2.70. The Bertz CT molecular complexity index is 1430. The van der Waals surface area contributed by atoms with Crippen molar-refractivity contribution in [2.75, 3.05) is 13.1 Å². The van der Waals surface area contributed by atoms with Gasteiger partial charge in [0.2, 0.25) is 11.8 Å². The third-order valence-electron chi connectivity index (χ3n) is 10.7. The van der Waals surface area contributed by atoms with Crippen LogP contribution in [0.3, 0.4) is 0 Å². The minimum absolute atomic E-state index is 0.0932. The molecule has 1 saturated heterocycles. The summed E-state index contributed by atoms with van der Waals surface area (Å²) >= 11 is 0. The van der Waals surface area contributed by atoms with Gasteiger partial charge in [-0.25, -0.2) is 4.79 Å². The summed E-state index contributed by atoms with van der Waals surface area (Å²) in [5, 5.41) is 22.4. The zero-order valence-corrected chi connectivity index (χ0v) is 31.5. The summed E-state index contributed by atoms with van der Waals surface area (Å²) in [6.45, 7) is 18.7. The highest BCUT2D eigenvalue weighted by molar-refractivity contribution is 5.94. The summed E-state index contributed by atoms with van der Waals surface area (Å²) in [5.74, 6) is -2.06. The lowest BCUT2D eigenvalue weighted by atomic mass is 9.79. The highest BCUT2D eigenvalue weighted by Crippen LogP contribution is 2.65. The van der Waals surface area contributed by atoms with Gasteiger partial charge in [-0.1, -0.05) is 84.2 Å². The quantitative estimate of drug-likeness (QED) is 0.208. The number of nitrogens with one attached hydrogen (secondary N) is 4. The first kappa shape index (κ1) is 39.1. The van der Waals surface area contributed by atoms with E-state index in [-0.39, 0.29) is 29.1 Å². The molecule has 0 aromatic heterocycles. The second kappa shape index (κ2) is 14.5. The molecule has 0 radical (unpaired) electrons. The predicted octanol–water partition coefficient (Wildman–Crippen LogP) is 3.61. The molecule has 4 rings (SSSR count). The summed E-state index contributed by atoms with van der Waals surface area (Å²) in [7, 11) is 0. The number of hydrogen-bond acceptors (Lipinski definition) is 7. The number of fused-ring (bicyclic) bond motifs is 1. The van der Waals surface area contributed by atoms with Crippen molar-refractivity contribution in [1.82, 2.24) is 26.2 Å². The average molecular weight is 698 g/mol. The monoisotopic (exact) mass is 697 g/mol. The predicted molar refractivity (Wildman–Crippen MR) is 189 cm³/mol. The van der Waals surface area contributed by atoms with Crippen molar-refractivity contribution in [3.8, 4) is 0 Å². The van der Waals surface area contributed by atoms with Gasteiger partial charge in [-0.15, -0.1) is 0 Å². The van der Waals surface area contributed by atoms with E-state index in [2.05, 4.69) is 35.1 Å². The van der Waals surface area contributed by atoms with E-state index in [1.165, 1.54) is 0 Å². The van der Waals surface area contributed by atoms with E-state index in [0.29, 0.717) is 13.0 Å². The number of likely N-dealkylation sites (tertiary alicyclic amines) is 1. The van der Waals surface area contributed by atoms with E-state index in [0.717, 1.165) is 24.8 Å². The molecule has 2 aliphatic carbocycles. The average Bonchev–Trinajstić information content (AvgIpc) is 3.29. The molecular weight excluding hydrogens is 638 g/mol. The van der Waals surface area contributed by atoms with Gasteiger partial charge in [0.25, 0.3) is 5.91 Å². The van der Waals surface area contributed by atoms with Gasteiger partial charge in [-0.3, -0.25) is 19.2 Å². The third kappa shape index (κ3) is 9.16. The summed E-state index contributed by atoms with van der Waals surface area (Å²) in [6.07, 6.45) is 1.62. The van der Waals surface area contributed by atoms with Crippen molar-refractivity contribution in [2.24, 2.45) is 28.6 Å². The number of carbonyl (C=O) groups is 5. The molecule has 50 heavy (non-hydrogen) atoms. The first-order valence-corrected chi connectivity index (χ1v) is 18.0. The van der Waals surface area contributed by atoms with Crippen molar-refractivity contribution >= 4 is 29.7 Å². The molecule has 5 amide bonds. The van der Waals surface area contributed by atoms with Crippen molar-refractivity contribution in [3.63, 3.8) is 0 Å². The number of aliphatic hydroxyl groups is 1. The molecule has 6 atom stereocenters. The van der Waals surface area contributed by atoms with Gasteiger partial charge >= 0.3 is 12.0 Å². The first-order chi connectivity index (χ1) is 23.0. The fourth-order valence-electron chi connectivity index (χ4n) is 7.42. The normalized spacial score (nSPS) is 23.3. The molecule has 1 aliphatic heterocycles. The number of hydrogen-bond donors (Lipinski definition) is 5. The van der Waals surface area contributed by atoms with E-state index in [9.17, 15) is 29.1 Å². The van der Waals surface area contributed by atoms with Crippen LogP contribution in [0, 0.1) is 28.6 Å². The third-order valence-corrected chi connectivity index (χ3v) is 10.7. The molecule has 1 aromatic rings. The Hall–Kier alpha value is -3.67. The molecule has 1 aromatic carbocycles. The summed E-state index contributed by atoms with van der Waals surface area (Å²) in [5.41, 5.74) is -1.49. The number of esters is 1. The number of aliphatic hydroxyl groups excluding tert-OH is 1. The van der Waals surface area contributed by atoms with Crippen LogP contribution in [0.2, 0.25) is 0 Å². The number of piperidine rings is 1. The molecule has 1 heterocycles. The number of ether oxygens (including phenoxy) is 1. The maximum atomic E-state index is 14.2. The minimum Gasteiger partial charge on any atom is -0.453 e.